The molecule has 1 aliphatic carbocycles. The van der Waals surface area contributed by atoms with E-state index in [4.69, 9.17) is 0 Å². The number of benzene rings is 1. The van der Waals surface area contributed by atoms with E-state index in [2.05, 4.69) is 0 Å². The average molecular weight is 262 g/mol. The van der Waals surface area contributed by atoms with Crippen molar-refractivity contribution in [3.05, 3.63) is 47.3 Å². The second kappa shape index (κ2) is 5.25. The Kier molecular flexibility index (Phi) is 3.85. The van der Waals surface area contributed by atoms with Crippen LogP contribution in [0.5, 0.6) is 0 Å². The minimum atomic E-state index is -0.761. The van der Waals surface area contributed by atoms with Crippen LogP contribution in [0.25, 0.3) is 0 Å². The zero-order chi connectivity index (χ0) is 14.0. The summed E-state index contributed by atoms with van der Waals surface area (Å²) in [6, 6.07) is 5.96. The molecule has 0 radical (unpaired) electrons. The molecular weight excluding hydrogens is 243 g/mol. The monoisotopic (exact) mass is 262 g/mol. The van der Waals surface area contributed by atoms with Crippen molar-refractivity contribution < 1.29 is 14.3 Å². The summed E-state index contributed by atoms with van der Waals surface area (Å²) >= 11 is 0. The quantitative estimate of drug-likeness (QED) is 0.904. The van der Waals surface area contributed by atoms with Crippen LogP contribution in [-0.2, 0) is 4.79 Å². The van der Waals surface area contributed by atoms with Crippen LogP contribution < -0.4 is 0 Å². The molecule has 0 saturated heterocycles. The largest absolute Gasteiger partial charge is 0.388 e. The minimum absolute atomic E-state index is 0.0528. The first-order chi connectivity index (χ1) is 8.85. The number of carbonyl (C=O) groups is 1. The highest BCUT2D eigenvalue weighted by Gasteiger charge is 2.28. The summed E-state index contributed by atoms with van der Waals surface area (Å²) in [5.41, 5.74) is 1.44. The number of aliphatic hydroxyl groups excluding tert-OH is 1. The fraction of sp³-hybridized carbons (Fsp3) is 0.438. The molecule has 102 valence electrons. The topological polar surface area (TPSA) is 37.3 Å². The zero-order valence-corrected chi connectivity index (χ0v) is 11.3. The summed E-state index contributed by atoms with van der Waals surface area (Å²) in [5.74, 6) is -0.247. The van der Waals surface area contributed by atoms with E-state index in [0.29, 0.717) is 18.4 Å². The van der Waals surface area contributed by atoms with Crippen molar-refractivity contribution in [1.29, 1.82) is 0 Å². The molecule has 0 amide bonds. The van der Waals surface area contributed by atoms with Crippen LogP contribution in [0.3, 0.4) is 0 Å². The Hall–Kier alpha value is -1.48. The highest BCUT2D eigenvalue weighted by molar-refractivity contribution is 5.91. The Balaban J connectivity index is 2.11. The molecule has 0 fully saturated rings. The first-order valence-electron chi connectivity index (χ1n) is 6.51. The smallest absolute Gasteiger partial charge is 0.156 e. The van der Waals surface area contributed by atoms with Gasteiger partial charge in [0.25, 0.3) is 0 Å². The predicted octanol–water partition coefficient (Wildman–Crippen LogP) is 3.56. The van der Waals surface area contributed by atoms with E-state index in [1.165, 1.54) is 12.1 Å². The maximum absolute atomic E-state index is 13.1. The Bertz CT molecular complexity index is 517. The molecule has 1 atom stereocenters. The SMILES string of the molecule is CC1(C)CC(=O)C=C(CC(O)c2cccc(F)c2)C1. The zero-order valence-electron chi connectivity index (χ0n) is 11.3. The first-order valence-corrected chi connectivity index (χ1v) is 6.51. The fourth-order valence-corrected chi connectivity index (χ4v) is 2.69. The summed E-state index contributed by atoms with van der Waals surface area (Å²) in [5, 5.41) is 10.1. The summed E-state index contributed by atoms with van der Waals surface area (Å²) < 4.78 is 13.1. The molecule has 1 aromatic carbocycles. The highest BCUT2D eigenvalue weighted by Crippen LogP contribution is 2.37. The van der Waals surface area contributed by atoms with Crippen LogP contribution in [0.2, 0.25) is 0 Å². The molecule has 0 aliphatic heterocycles. The lowest BCUT2D eigenvalue weighted by molar-refractivity contribution is -0.117. The normalized spacial score (nSPS) is 20.0. The van der Waals surface area contributed by atoms with E-state index in [1.54, 1.807) is 18.2 Å². The molecule has 1 N–H and O–H groups in total. The number of ketones is 1. The van der Waals surface area contributed by atoms with Crippen LogP contribution >= 0.6 is 0 Å². The third-order valence-corrected chi connectivity index (χ3v) is 3.41. The third-order valence-electron chi connectivity index (χ3n) is 3.41. The van der Waals surface area contributed by atoms with Gasteiger partial charge in [0.2, 0.25) is 0 Å². The van der Waals surface area contributed by atoms with E-state index >= 15 is 0 Å². The van der Waals surface area contributed by atoms with Crippen LogP contribution in [-0.4, -0.2) is 10.9 Å². The van der Waals surface area contributed by atoms with Gasteiger partial charge in [-0.2, -0.15) is 0 Å². The number of hydrogen-bond acceptors (Lipinski definition) is 2. The lowest BCUT2D eigenvalue weighted by atomic mass is 9.75. The molecule has 1 unspecified atom stereocenters. The second-order valence-electron chi connectivity index (χ2n) is 6.06. The lowest BCUT2D eigenvalue weighted by Gasteiger charge is -2.29. The van der Waals surface area contributed by atoms with E-state index in [1.807, 2.05) is 13.8 Å². The second-order valence-corrected chi connectivity index (χ2v) is 6.06. The number of allylic oxidation sites excluding steroid dienone is 1. The van der Waals surface area contributed by atoms with Crippen molar-refractivity contribution in [2.24, 2.45) is 5.41 Å². The molecule has 1 aromatic rings. The summed E-state index contributed by atoms with van der Waals surface area (Å²) in [4.78, 5) is 11.6. The highest BCUT2D eigenvalue weighted by atomic mass is 19.1. The van der Waals surface area contributed by atoms with Gasteiger partial charge in [-0.15, -0.1) is 0 Å². The molecule has 3 heteroatoms. The first kappa shape index (κ1) is 13.9. The molecule has 0 bridgehead atoms. The fourth-order valence-electron chi connectivity index (χ4n) is 2.69. The Morgan fingerprint density at radius 3 is 2.74 bits per heavy atom. The van der Waals surface area contributed by atoms with E-state index < -0.39 is 6.10 Å². The number of hydrogen-bond donors (Lipinski definition) is 1. The van der Waals surface area contributed by atoms with Gasteiger partial charge in [-0.3, -0.25) is 4.79 Å². The van der Waals surface area contributed by atoms with Crippen molar-refractivity contribution in [2.45, 2.75) is 39.2 Å². The average Bonchev–Trinajstić information content (AvgIpc) is 2.25. The van der Waals surface area contributed by atoms with Crippen molar-refractivity contribution in [2.75, 3.05) is 0 Å². The van der Waals surface area contributed by atoms with Gasteiger partial charge in [0.1, 0.15) is 5.82 Å². The molecule has 1 aliphatic rings. The lowest BCUT2D eigenvalue weighted by Crippen LogP contribution is -2.22. The van der Waals surface area contributed by atoms with Gasteiger partial charge >= 0.3 is 0 Å². The van der Waals surface area contributed by atoms with Crippen LogP contribution in [0.15, 0.2) is 35.9 Å². The molecule has 0 heterocycles. The van der Waals surface area contributed by atoms with E-state index in [9.17, 15) is 14.3 Å². The molecular formula is C16H19FO2. The number of rotatable bonds is 3. The maximum Gasteiger partial charge on any atom is 0.156 e. The van der Waals surface area contributed by atoms with Gasteiger partial charge in [0.15, 0.2) is 5.78 Å². The molecule has 2 nitrogen and oxygen atoms in total. The van der Waals surface area contributed by atoms with Crippen molar-refractivity contribution in [3.63, 3.8) is 0 Å². The third kappa shape index (κ3) is 3.74. The number of halogens is 1. The van der Waals surface area contributed by atoms with Gasteiger partial charge in [0.05, 0.1) is 6.10 Å². The van der Waals surface area contributed by atoms with Gasteiger partial charge in [0, 0.05) is 6.42 Å². The minimum Gasteiger partial charge on any atom is -0.388 e. The Morgan fingerprint density at radius 1 is 1.37 bits per heavy atom. The van der Waals surface area contributed by atoms with E-state index in [-0.39, 0.29) is 17.0 Å². The van der Waals surface area contributed by atoms with Crippen LogP contribution in [0.1, 0.15) is 44.8 Å². The summed E-state index contributed by atoms with van der Waals surface area (Å²) in [6.07, 6.45) is 2.60. The van der Waals surface area contributed by atoms with Crippen LogP contribution in [0.4, 0.5) is 4.39 Å². The number of aliphatic hydroxyl groups is 1. The van der Waals surface area contributed by atoms with Gasteiger partial charge in [-0.1, -0.05) is 31.6 Å². The van der Waals surface area contributed by atoms with Crippen molar-refractivity contribution in [3.8, 4) is 0 Å². The van der Waals surface area contributed by atoms with Crippen molar-refractivity contribution in [1.82, 2.24) is 0 Å². The van der Waals surface area contributed by atoms with Gasteiger partial charge in [-0.25, -0.2) is 4.39 Å². The standard InChI is InChI=1S/C16H19FO2/c1-16(2)9-11(6-14(18)10-16)7-15(19)12-4-3-5-13(17)8-12/h3-6,8,15,19H,7,9-10H2,1-2H3. The molecule has 0 aromatic heterocycles. The predicted molar refractivity (Wildman–Crippen MR) is 72.1 cm³/mol. The van der Waals surface area contributed by atoms with Crippen LogP contribution in [0, 0.1) is 11.2 Å². The molecule has 0 saturated carbocycles. The summed E-state index contributed by atoms with van der Waals surface area (Å²) in [7, 11) is 0. The van der Waals surface area contributed by atoms with Gasteiger partial charge < -0.3 is 5.11 Å². The summed E-state index contributed by atoms with van der Waals surface area (Å²) in [6.45, 7) is 4.10. The molecule has 0 spiro atoms. The number of carbonyl (C=O) groups excluding carboxylic acids is 1. The van der Waals surface area contributed by atoms with Gasteiger partial charge in [-0.05, 0) is 42.0 Å². The maximum atomic E-state index is 13.1. The Morgan fingerprint density at radius 2 is 2.11 bits per heavy atom. The van der Waals surface area contributed by atoms with E-state index in [0.717, 1.165) is 12.0 Å². The molecule has 2 rings (SSSR count). The Labute approximate surface area is 113 Å². The van der Waals surface area contributed by atoms with Crippen molar-refractivity contribution >= 4 is 5.78 Å². The molecule has 19 heavy (non-hydrogen) atoms.